The number of phenols is 1. The Balaban J connectivity index is 1.69. The minimum absolute atomic E-state index is 0.0142. The van der Waals surface area contributed by atoms with E-state index in [1.807, 2.05) is 19.1 Å². The maximum Gasteiger partial charge on any atom is 0.294 e. The molecule has 2 aromatic carbocycles. The van der Waals surface area contributed by atoms with Crippen molar-refractivity contribution < 1.29 is 14.5 Å². The summed E-state index contributed by atoms with van der Waals surface area (Å²) in [5, 5.41) is 29.3. The number of nitrogens with two attached hydrogens (primary N) is 1. The number of anilines is 1. The van der Waals surface area contributed by atoms with Gasteiger partial charge in [-0.25, -0.2) is 10.1 Å². The molecule has 4 N–H and O–H groups in total. The summed E-state index contributed by atoms with van der Waals surface area (Å²) in [6.07, 6.45) is 1.26. The fourth-order valence-electron chi connectivity index (χ4n) is 2.73. The second-order valence-electron chi connectivity index (χ2n) is 6.44. The molecular formula is C19H15ClN8O3. The van der Waals surface area contributed by atoms with Crippen LogP contribution in [0.1, 0.15) is 21.6 Å². The van der Waals surface area contributed by atoms with Crippen LogP contribution < -0.4 is 11.2 Å². The number of aromatic hydroxyl groups is 1. The van der Waals surface area contributed by atoms with Crippen molar-refractivity contribution in [3.8, 4) is 22.8 Å². The first-order valence-corrected chi connectivity index (χ1v) is 9.25. The van der Waals surface area contributed by atoms with Gasteiger partial charge in [0.2, 0.25) is 11.6 Å². The molecule has 0 aliphatic heterocycles. The lowest BCUT2D eigenvalue weighted by Crippen LogP contribution is -2.19. The second kappa shape index (κ2) is 8.24. The molecule has 11 nitrogen and oxygen atoms in total. The van der Waals surface area contributed by atoms with E-state index in [-0.39, 0.29) is 23.1 Å². The molecule has 4 rings (SSSR count). The highest BCUT2D eigenvalue weighted by atomic mass is 35.5. The Labute approximate surface area is 180 Å². The van der Waals surface area contributed by atoms with E-state index >= 15 is 0 Å². The lowest BCUT2D eigenvalue weighted by Gasteiger charge is -2.06. The molecule has 0 saturated heterocycles. The minimum Gasteiger partial charge on any atom is -0.507 e. The molecule has 0 unspecified atom stereocenters. The SMILES string of the molecule is Cc1ccc(-c2c(C(=O)N/N=C/c3cc(Cl)ccc3O)nnn2-c2nonc2N)cc1. The number of hydrazone groups is 1. The standard InChI is InChI=1S/C19H15ClN8O3/c1-10-2-4-11(5-3-10)16-15(23-27-28(16)18-17(21)25-31-26-18)19(30)24-22-9-12-8-13(20)6-7-14(12)29/h2-9,29H,1H3,(H2,21,25)(H,24,30)/b22-9+. The van der Waals surface area contributed by atoms with E-state index in [0.717, 1.165) is 5.56 Å². The van der Waals surface area contributed by atoms with Gasteiger partial charge in [-0.05, 0) is 35.4 Å². The van der Waals surface area contributed by atoms with Crippen LogP contribution in [-0.4, -0.2) is 42.5 Å². The molecule has 12 heteroatoms. The molecule has 0 aliphatic rings. The fourth-order valence-corrected chi connectivity index (χ4v) is 2.91. The van der Waals surface area contributed by atoms with E-state index in [0.29, 0.717) is 21.8 Å². The van der Waals surface area contributed by atoms with E-state index in [2.05, 4.69) is 35.8 Å². The number of aryl methyl sites for hydroxylation is 1. The van der Waals surface area contributed by atoms with E-state index < -0.39 is 5.91 Å². The third kappa shape index (κ3) is 4.07. The van der Waals surface area contributed by atoms with Crippen molar-refractivity contribution in [2.24, 2.45) is 5.10 Å². The number of hydrogen-bond acceptors (Lipinski definition) is 9. The molecule has 0 aliphatic carbocycles. The lowest BCUT2D eigenvalue weighted by molar-refractivity contribution is 0.0950. The van der Waals surface area contributed by atoms with Crippen LogP contribution in [0.25, 0.3) is 17.1 Å². The predicted molar refractivity (Wildman–Crippen MR) is 112 cm³/mol. The highest BCUT2D eigenvalue weighted by molar-refractivity contribution is 6.30. The Morgan fingerprint density at radius 2 is 2.03 bits per heavy atom. The average Bonchev–Trinajstić information content (AvgIpc) is 3.37. The van der Waals surface area contributed by atoms with Crippen molar-refractivity contribution in [1.82, 2.24) is 30.7 Å². The van der Waals surface area contributed by atoms with E-state index in [1.165, 1.54) is 29.1 Å². The summed E-state index contributed by atoms with van der Waals surface area (Å²) >= 11 is 5.91. The van der Waals surface area contributed by atoms with Crippen molar-refractivity contribution in [3.05, 3.63) is 64.3 Å². The van der Waals surface area contributed by atoms with E-state index in [4.69, 9.17) is 17.3 Å². The maximum absolute atomic E-state index is 12.8. The molecule has 2 aromatic heterocycles. The summed E-state index contributed by atoms with van der Waals surface area (Å²) in [6, 6.07) is 11.8. The fraction of sp³-hybridized carbons (Fsp3) is 0.0526. The maximum atomic E-state index is 12.8. The highest BCUT2D eigenvalue weighted by Crippen LogP contribution is 2.26. The number of rotatable bonds is 5. The Morgan fingerprint density at radius 1 is 1.26 bits per heavy atom. The Morgan fingerprint density at radius 3 is 2.74 bits per heavy atom. The molecule has 0 spiro atoms. The first-order valence-electron chi connectivity index (χ1n) is 8.87. The van der Waals surface area contributed by atoms with Gasteiger partial charge in [-0.3, -0.25) is 4.79 Å². The monoisotopic (exact) mass is 438 g/mol. The molecule has 0 bridgehead atoms. The average molecular weight is 439 g/mol. The number of aromatic nitrogens is 5. The Hall–Kier alpha value is -4.25. The first kappa shape index (κ1) is 20.0. The summed E-state index contributed by atoms with van der Waals surface area (Å²) in [5.41, 5.74) is 10.4. The summed E-state index contributed by atoms with van der Waals surface area (Å²) in [7, 11) is 0. The number of carbonyl (C=O) groups excluding carboxylic acids is 1. The van der Waals surface area contributed by atoms with E-state index in [1.54, 1.807) is 12.1 Å². The molecule has 0 fully saturated rings. The topological polar surface area (TPSA) is 157 Å². The van der Waals surface area contributed by atoms with Crippen molar-refractivity contribution >= 4 is 29.5 Å². The predicted octanol–water partition coefficient (Wildman–Crippen LogP) is 2.33. The molecule has 0 atom stereocenters. The highest BCUT2D eigenvalue weighted by Gasteiger charge is 2.25. The summed E-state index contributed by atoms with van der Waals surface area (Å²) < 4.78 is 5.90. The van der Waals surface area contributed by atoms with E-state index in [9.17, 15) is 9.90 Å². The largest absolute Gasteiger partial charge is 0.507 e. The van der Waals surface area contributed by atoms with Crippen LogP contribution in [0.2, 0.25) is 5.02 Å². The zero-order chi connectivity index (χ0) is 22.0. The van der Waals surface area contributed by atoms with Crippen LogP contribution in [-0.2, 0) is 0 Å². The van der Waals surface area contributed by atoms with Crippen molar-refractivity contribution in [2.75, 3.05) is 5.73 Å². The van der Waals surface area contributed by atoms with Gasteiger partial charge in [-0.1, -0.05) is 46.6 Å². The third-order valence-corrected chi connectivity index (χ3v) is 4.50. The number of carbonyl (C=O) groups is 1. The van der Waals surface area contributed by atoms with Gasteiger partial charge in [0.05, 0.1) is 6.21 Å². The van der Waals surface area contributed by atoms with Crippen molar-refractivity contribution in [3.63, 3.8) is 0 Å². The number of phenolic OH excluding ortho intramolecular Hbond substituents is 1. The van der Waals surface area contributed by atoms with Crippen LogP contribution in [0, 0.1) is 6.92 Å². The lowest BCUT2D eigenvalue weighted by atomic mass is 10.1. The van der Waals surface area contributed by atoms with Gasteiger partial charge in [0.1, 0.15) is 11.4 Å². The van der Waals surface area contributed by atoms with Gasteiger partial charge in [0.15, 0.2) is 5.69 Å². The van der Waals surface area contributed by atoms with Crippen molar-refractivity contribution in [2.45, 2.75) is 6.92 Å². The van der Waals surface area contributed by atoms with Crippen LogP contribution in [0.5, 0.6) is 5.75 Å². The molecule has 0 saturated carbocycles. The quantitative estimate of drug-likeness (QED) is 0.316. The normalized spacial score (nSPS) is 11.2. The van der Waals surface area contributed by atoms with Gasteiger partial charge in [-0.15, -0.1) is 5.10 Å². The number of halogens is 1. The van der Waals surface area contributed by atoms with Crippen LogP contribution in [0.4, 0.5) is 5.82 Å². The number of nitrogens with one attached hydrogen (secondary N) is 1. The molecule has 0 radical (unpaired) electrons. The number of hydrogen-bond donors (Lipinski definition) is 3. The zero-order valence-corrected chi connectivity index (χ0v) is 16.8. The van der Waals surface area contributed by atoms with Gasteiger partial charge in [-0.2, -0.15) is 9.78 Å². The first-order chi connectivity index (χ1) is 14.9. The summed E-state index contributed by atoms with van der Waals surface area (Å²) in [5.74, 6) is -0.605. The zero-order valence-electron chi connectivity index (χ0n) is 16.0. The van der Waals surface area contributed by atoms with Gasteiger partial charge >= 0.3 is 0 Å². The minimum atomic E-state index is -0.644. The van der Waals surface area contributed by atoms with Crippen LogP contribution in [0.15, 0.2) is 52.2 Å². The molecular weight excluding hydrogens is 424 g/mol. The molecule has 156 valence electrons. The number of nitrogens with zero attached hydrogens (tertiary/aromatic N) is 6. The van der Waals surface area contributed by atoms with Crippen molar-refractivity contribution in [1.29, 1.82) is 0 Å². The molecule has 1 amide bonds. The van der Waals surface area contributed by atoms with Gasteiger partial charge < -0.3 is 10.8 Å². The Bertz CT molecular complexity index is 1280. The number of nitrogen functional groups attached to an aromatic ring is 1. The van der Waals surface area contributed by atoms with Crippen LogP contribution >= 0.6 is 11.6 Å². The Kier molecular flexibility index (Phi) is 5.33. The number of amides is 1. The molecule has 2 heterocycles. The summed E-state index contributed by atoms with van der Waals surface area (Å²) in [6.45, 7) is 1.94. The van der Waals surface area contributed by atoms with Gasteiger partial charge in [0.25, 0.3) is 5.91 Å². The smallest absolute Gasteiger partial charge is 0.294 e. The third-order valence-electron chi connectivity index (χ3n) is 4.27. The molecule has 4 aromatic rings. The second-order valence-corrected chi connectivity index (χ2v) is 6.88. The summed E-state index contributed by atoms with van der Waals surface area (Å²) in [4.78, 5) is 12.8. The molecule has 31 heavy (non-hydrogen) atoms. The van der Waals surface area contributed by atoms with Gasteiger partial charge in [0, 0.05) is 16.1 Å². The number of benzene rings is 2. The van der Waals surface area contributed by atoms with Crippen LogP contribution in [0.3, 0.4) is 0 Å².